The van der Waals surface area contributed by atoms with Crippen LogP contribution in [0.2, 0.25) is 0 Å². The number of hydrogen-bond donors (Lipinski definition) is 0. The maximum absolute atomic E-state index is 13.0. The number of esters is 2. The van der Waals surface area contributed by atoms with Crippen LogP contribution in [0.5, 0.6) is 0 Å². The Hall–Kier alpha value is -1.54. The maximum atomic E-state index is 13.0. The molecule has 2 unspecified atom stereocenters. The molecule has 4 heterocycles. The zero-order valence-electron chi connectivity index (χ0n) is 35.2. The minimum absolute atomic E-state index is 0.0385. The van der Waals surface area contributed by atoms with Crippen molar-refractivity contribution >= 4 is 11.9 Å². The highest BCUT2D eigenvalue weighted by Gasteiger charge is 2.39. The molecule has 0 bridgehead atoms. The number of carbonyl (C=O) groups is 2. The lowest BCUT2D eigenvalue weighted by Crippen LogP contribution is -2.46. The van der Waals surface area contributed by atoms with Gasteiger partial charge in [-0.2, -0.15) is 0 Å². The monoisotopic (exact) mass is 820 g/mol. The van der Waals surface area contributed by atoms with Gasteiger partial charge in [0.1, 0.15) is 18.6 Å². The number of rotatable bonds is 36. The molecule has 16 nitrogen and oxygen atoms in total. The minimum Gasteiger partial charge on any atom is -0.457 e. The summed E-state index contributed by atoms with van der Waals surface area (Å²) >= 11 is 0. The van der Waals surface area contributed by atoms with Crippen LogP contribution in [-0.4, -0.2) is 183 Å². The highest BCUT2D eigenvalue weighted by atomic mass is 16.6. The Bertz CT molecular complexity index is 1000. The van der Waals surface area contributed by atoms with Crippen LogP contribution >= 0.6 is 0 Å². The van der Waals surface area contributed by atoms with Crippen LogP contribution in [0.3, 0.4) is 0 Å². The molecule has 4 saturated heterocycles. The molecule has 4 fully saturated rings. The molecule has 332 valence electrons. The van der Waals surface area contributed by atoms with Crippen molar-refractivity contribution in [1.29, 1.82) is 0 Å². The van der Waals surface area contributed by atoms with Gasteiger partial charge in [0.2, 0.25) is 0 Å². The van der Waals surface area contributed by atoms with Gasteiger partial charge in [-0.15, -0.1) is 0 Å². The van der Waals surface area contributed by atoms with E-state index in [1.165, 1.54) is 0 Å². The summed E-state index contributed by atoms with van der Waals surface area (Å²) in [6.07, 6.45) is 1.81. The van der Waals surface area contributed by atoms with Gasteiger partial charge < -0.3 is 66.3 Å². The summed E-state index contributed by atoms with van der Waals surface area (Å²) in [6.45, 7) is 19.8. The number of hydrogen-bond acceptors (Lipinski definition) is 16. The van der Waals surface area contributed by atoms with Gasteiger partial charge >= 0.3 is 11.9 Å². The Balaban J connectivity index is 1.14. The Morgan fingerprint density at radius 1 is 0.404 bits per heavy atom. The molecule has 0 saturated carbocycles. The SMILES string of the molecule is CCC1(COCCOCCOCC(COCC2(CC)COC2)OC(=O)CC(=O)OC(COCCOCCOCC2(CC)COC2)COCC2(CC)COC2)COC1. The molecule has 0 spiro atoms. The van der Waals surface area contributed by atoms with E-state index in [1.54, 1.807) is 0 Å². The summed E-state index contributed by atoms with van der Waals surface area (Å²) in [7, 11) is 0. The molecule has 0 aromatic carbocycles. The van der Waals surface area contributed by atoms with E-state index in [4.69, 9.17) is 66.3 Å². The third-order valence-corrected chi connectivity index (χ3v) is 11.5. The highest BCUT2D eigenvalue weighted by molar-refractivity contribution is 5.91. The summed E-state index contributed by atoms with van der Waals surface area (Å²) in [5, 5.41) is 0. The Labute approximate surface area is 339 Å². The van der Waals surface area contributed by atoms with Crippen LogP contribution in [0.15, 0.2) is 0 Å². The standard InChI is InChI=1S/C41H72O16/c1-5-38(26-52-27-38)22-48-15-11-44-9-13-46-18-34(20-50-24-40(7-3)30-54-31-40)56-36(42)17-37(43)57-35(21-51-25-41(8-4)32-55-33-41)19-47-14-10-45-12-16-49-23-39(6-2)28-53-29-39/h34-35H,5-33H2,1-4H3. The van der Waals surface area contributed by atoms with Gasteiger partial charge in [-0.3, -0.25) is 9.59 Å². The Morgan fingerprint density at radius 2 is 0.667 bits per heavy atom. The molecule has 0 N–H and O–H groups in total. The van der Waals surface area contributed by atoms with Crippen LogP contribution in [-0.2, 0) is 75.9 Å². The van der Waals surface area contributed by atoms with Gasteiger partial charge in [0, 0.05) is 21.7 Å². The highest BCUT2D eigenvalue weighted by Crippen LogP contribution is 2.33. The van der Waals surface area contributed by atoms with Crippen molar-refractivity contribution < 1.29 is 75.9 Å². The predicted octanol–water partition coefficient (Wildman–Crippen LogP) is 3.04. The molecule has 2 atom stereocenters. The van der Waals surface area contributed by atoms with Crippen molar-refractivity contribution in [2.75, 3.05) is 159 Å². The van der Waals surface area contributed by atoms with Crippen molar-refractivity contribution in [3.8, 4) is 0 Å². The summed E-state index contributed by atoms with van der Waals surface area (Å²) in [5.41, 5.74) is 0.202. The first-order chi connectivity index (χ1) is 27.7. The quantitative estimate of drug-likeness (QED) is 0.0515. The molecule has 16 heteroatoms. The lowest BCUT2D eigenvalue weighted by atomic mass is 9.84. The van der Waals surface area contributed by atoms with E-state index >= 15 is 0 Å². The average Bonchev–Trinajstić information content (AvgIpc) is 3.13. The molecule has 0 amide bonds. The van der Waals surface area contributed by atoms with Crippen molar-refractivity contribution in [3.05, 3.63) is 0 Å². The first-order valence-corrected chi connectivity index (χ1v) is 21.0. The molecule has 57 heavy (non-hydrogen) atoms. The van der Waals surface area contributed by atoms with E-state index < -0.39 is 30.6 Å². The third-order valence-electron chi connectivity index (χ3n) is 11.5. The summed E-state index contributed by atoms with van der Waals surface area (Å²) in [5.74, 6) is -1.49. The summed E-state index contributed by atoms with van der Waals surface area (Å²) in [6, 6.07) is 0. The second-order valence-electron chi connectivity index (χ2n) is 16.3. The smallest absolute Gasteiger partial charge is 0.317 e. The van der Waals surface area contributed by atoms with E-state index in [2.05, 4.69) is 27.7 Å². The van der Waals surface area contributed by atoms with E-state index in [9.17, 15) is 9.59 Å². The molecule has 0 aliphatic carbocycles. The fraction of sp³-hybridized carbons (Fsp3) is 0.951. The molecule has 0 radical (unpaired) electrons. The fourth-order valence-electron chi connectivity index (χ4n) is 6.42. The van der Waals surface area contributed by atoms with Crippen molar-refractivity contribution in [2.24, 2.45) is 21.7 Å². The van der Waals surface area contributed by atoms with Crippen LogP contribution in [0, 0.1) is 21.7 Å². The Morgan fingerprint density at radius 3 is 0.947 bits per heavy atom. The molecule has 4 aliphatic heterocycles. The third kappa shape index (κ3) is 16.8. The van der Waals surface area contributed by atoms with Gasteiger partial charge in [-0.1, -0.05) is 27.7 Å². The second-order valence-corrected chi connectivity index (χ2v) is 16.3. The lowest BCUT2D eigenvalue weighted by molar-refractivity contribution is -0.177. The first kappa shape index (κ1) is 48.1. The van der Waals surface area contributed by atoms with Crippen LogP contribution in [0.1, 0.15) is 59.8 Å². The maximum Gasteiger partial charge on any atom is 0.317 e. The van der Waals surface area contributed by atoms with Crippen molar-refractivity contribution in [1.82, 2.24) is 0 Å². The zero-order valence-corrected chi connectivity index (χ0v) is 35.2. The topological polar surface area (TPSA) is 163 Å². The van der Waals surface area contributed by atoms with Crippen LogP contribution in [0.25, 0.3) is 0 Å². The molecule has 4 rings (SSSR count). The van der Waals surface area contributed by atoms with Gasteiger partial charge in [0.25, 0.3) is 0 Å². The molecule has 0 aromatic heterocycles. The summed E-state index contributed by atoms with van der Waals surface area (Å²) < 4.78 is 79.2. The lowest BCUT2D eigenvalue weighted by Gasteiger charge is -2.40. The first-order valence-electron chi connectivity index (χ1n) is 21.0. The van der Waals surface area contributed by atoms with Gasteiger partial charge in [0.05, 0.1) is 159 Å². The Kier molecular flexibility index (Phi) is 21.9. The van der Waals surface area contributed by atoms with E-state index in [0.717, 1.165) is 52.1 Å². The summed E-state index contributed by atoms with van der Waals surface area (Å²) in [4.78, 5) is 26.0. The van der Waals surface area contributed by atoms with Crippen molar-refractivity contribution in [3.63, 3.8) is 0 Å². The van der Waals surface area contributed by atoms with E-state index in [-0.39, 0.29) is 61.3 Å². The van der Waals surface area contributed by atoms with Crippen molar-refractivity contribution in [2.45, 2.75) is 72.0 Å². The molecular formula is C41H72O16. The fourth-order valence-corrected chi connectivity index (χ4v) is 6.42. The van der Waals surface area contributed by atoms with Crippen LogP contribution in [0.4, 0.5) is 0 Å². The largest absolute Gasteiger partial charge is 0.457 e. The normalized spacial score (nSPS) is 21.0. The number of carbonyl (C=O) groups excluding carboxylic acids is 2. The average molecular weight is 821 g/mol. The van der Waals surface area contributed by atoms with E-state index in [1.807, 2.05) is 0 Å². The molecule has 0 aromatic rings. The predicted molar refractivity (Wildman–Crippen MR) is 205 cm³/mol. The van der Waals surface area contributed by atoms with Gasteiger partial charge in [-0.05, 0) is 25.7 Å². The minimum atomic E-state index is -0.744. The zero-order chi connectivity index (χ0) is 40.7. The number of ether oxygens (including phenoxy) is 14. The molecule has 4 aliphatic rings. The molecular weight excluding hydrogens is 748 g/mol. The van der Waals surface area contributed by atoms with E-state index in [0.29, 0.717) is 92.5 Å². The van der Waals surface area contributed by atoms with Crippen LogP contribution < -0.4 is 0 Å². The van der Waals surface area contributed by atoms with Gasteiger partial charge in [-0.25, -0.2) is 0 Å². The second kappa shape index (κ2) is 25.9. The van der Waals surface area contributed by atoms with Gasteiger partial charge in [0.15, 0.2) is 0 Å².